The Kier molecular flexibility index (Phi) is 5.80. The van der Waals surface area contributed by atoms with E-state index in [1.165, 1.54) is 0 Å². The first kappa shape index (κ1) is 13.8. The van der Waals surface area contributed by atoms with Gasteiger partial charge in [-0.1, -0.05) is 12.1 Å². The molecule has 1 aromatic rings. The Morgan fingerprint density at radius 3 is 3.00 bits per heavy atom. The number of halogens is 1. The summed E-state index contributed by atoms with van der Waals surface area (Å²) in [6.45, 7) is 0.765. The number of benzene rings is 1. The lowest BCUT2D eigenvalue weighted by Crippen LogP contribution is -2.32. The Hall–Kier alpha value is -1.26. The van der Waals surface area contributed by atoms with Crippen molar-refractivity contribution in [3.63, 3.8) is 0 Å². The van der Waals surface area contributed by atoms with Gasteiger partial charge in [0.1, 0.15) is 5.75 Å². The van der Waals surface area contributed by atoms with Crippen LogP contribution in [-0.4, -0.2) is 36.7 Å². The number of hydrogen-bond donors (Lipinski definition) is 2. The van der Waals surface area contributed by atoms with Crippen LogP contribution in [0.1, 0.15) is 5.56 Å². The number of hydrogen-bond acceptors (Lipinski definition) is 3. The number of amides is 1. The average Bonchev–Trinajstić information content (AvgIpc) is 2.27. The fourth-order valence-electron chi connectivity index (χ4n) is 1.38. The number of nitrogens with one attached hydrogen (secondary N) is 1. The van der Waals surface area contributed by atoms with Crippen LogP contribution < -0.4 is 5.32 Å². The predicted molar refractivity (Wildman–Crippen MR) is 66.3 cm³/mol. The molecule has 0 spiro atoms. The molecule has 1 aromatic carbocycles. The van der Waals surface area contributed by atoms with Crippen LogP contribution in [0.3, 0.4) is 0 Å². The van der Waals surface area contributed by atoms with Crippen molar-refractivity contribution in [2.75, 3.05) is 20.3 Å². The predicted octanol–water partition coefficient (Wildman–Crippen LogP) is 1.30. The largest absolute Gasteiger partial charge is 0.508 e. The van der Waals surface area contributed by atoms with E-state index in [1.807, 2.05) is 0 Å². The second-order valence-electron chi connectivity index (χ2n) is 3.70. The second kappa shape index (κ2) is 7.14. The van der Waals surface area contributed by atoms with E-state index in [0.29, 0.717) is 13.2 Å². The Morgan fingerprint density at radius 2 is 2.35 bits per heavy atom. The van der Waals surface area contributed by atoms with E-state index in [0.717, 1.165) is 5.56 Å². The normalized spacial score (nSPS) is 12.1. The van der Waals surface area contributed by atoms with Crippen molar-refractivity contribution in [1.29, 1.82) is 0 Å². The number of phenolic OH excluding ortho intramolecular Hbond substituents is 1. The first-order chi connectivity index (χ1) is 8.11. The molecule has 0 fully saturated rings. The van der Waals surface area contributed by atoms with Gasteiger partial charge in [-0.15, -0.1) is 11.6 Å². The highest BCUT2D eigenvalue weighted by Crippen LogP contribution is 2.11. The molecule has 0 aliphatic heterocycles. The SMILES string of the molecule is COCC(Cl)CNC(=O)Cc1cccc(O)c1. The molecule has 0 bridgehead atoms. The standard InChI is InChI=1S/C12H16ClNO3/c1-17-8-10(13)7-14-12(16)6-9-3-2-4-11(15)5-9/h2-5,10,15H,6-8H2,1H3,(H,14,16). The van der Waals surface area contributed by atoms with Gasteiger partial charge in [0.05, 0.1) is 18.4 Å². The molecule has 5 heteroatoms. The Morgan fingerprint density at radius 1 is 1.59 bits per heavy atom. The minimum atomic E-state index is -0.229. The highest BCUT2D eigenvalue weighted by atomic mass is 35.5. The van der Waals surface area contributed by atoms with E-state index >= 15 is 0 Å². The maximum absolute atomic E-state index is 11.5. The van der Waals surface area contributed by atoms with Gasteiger partial charge in [0.2, 0.25) is 5.91 Å². The Balaban J connectivity index is 2.34. The molecule has 1 amide bonds. The fourth-order valence-corrected chi connectivity index (χ4v) is 1.58. The molecule has 2 N–H and O–H groups in total. The molecule has 17 heavy (non-hydrogen) atoms. The van der Waals surface area contributed by atoms with Gasteiger partial charge < -0.3 is 15.2 Å². The van der Waals surface area contributed by atoms with Gasteiger partial charge in [-0.25, -0.2) is 0 Å². The highest BCUT2D eigenvalue weighted by Gasteiger charge is 2.07. The summed E-state index contributed by atoms with van der Waals surface area (Å²) in [5.74, 6) is 0.0299. The maximum atomic E-state index is 11.5. The fraction of sp³-hybridized carbons (Fsp3) is 0.417. The topological polar surface area (TPSA) is 58.6 Å². The molecule has 0 aromatic heterocycles. The number of carbonyl (C=O) groups excluding carboxylic acids is 1. The Bertz CT molecular complexity index is 371. The minimum Gasteiger partial charge on any atom is -0.508 e. The zero-order chi connectivity index (χ0) is 12.7. The van der Waals surface area contributed by atoms with Crippen molar-refractivity contribution < 1.29 is 14.6 Å². The molecular formula is C12H16ClNO3. The van der Waals surface area contributed by atoms with Crippen LogP contribution in [0.25, 0.3) is 0 Å². The van der Waals surface area contributed by atoms with Crippen molar-refractivity contribution in [3.8, 4) is 5.75 Å². The summed E-state index contributed by atoms with van der Waals surface area (Å²) in [7, 11) is 1.56. The number of carbonyl (C=O) groups is 1. The molecule has 1 atom stereocenters. The van der Waals surface area contributed by atoms with Gasteiger partial charge in [0.25, 0.3) is 0 Å². The maximum Gasteiger partial charge on any atom is 0.224 e. The first-order valence-corrected chi connectivity index (χ1v) is 5.73. The molecule has 0 aliphatic rings. The third-order valence-electron chi connectivity index (χ3n) is 2.14. The van der Waals surface area contributed by atoms with Crippen LogP contribution in [0.15, 0.2) is 24.3 Å². The molecule has 1 unspecified atom stereocenters. The van der Waals surface area contributed by atoms with Crippen molar-refractivity contribution in [2.45, 2.75) is 11.8 Å². The van der Waals surface area contributed by atoms with Crippen LogP contribution in [0.5, 0.6) is 5.75 Å². The lowest BCUT2D eigenvalue weighted by atomic mass is 10.1. The molecule has 0 radical (unpaired) electrons. The minimum absolute atomic E-state index is 0.127. The van der Waals surface area contributed by atoms with Crippen molar-refractivity contribution in [3.05, 3.63) is 29.8 Å². The number of alkyl halides is 1. The second-order valence-corrected chi connectivity index (χ2v) is 4.32. The molecule has 0 saturated carbocycles. The first-order valence-electron chi connectivity index (χ1n) is 5.29. The van der Waals surface area contributed by atoms with E-state index in [9.17, 15) is 9.90 Å². The monoisotopic (exact) mass is 257 g/mol. The van der Waals surface area contributed by atoms with Crippen LogP contribution in [0.4, 0.5) is 0 Å². The summed E-state index contributed by atoms with van der Waals surface area (Å²) >= 11 is 5.87. The van der Waals surface area contributed by atoms with Gasteiger partial charge in [0, 0.05) is 13.7 Å². The summed E-state index contributed by atoms with van der Waals surface area (Å²) in [5.41, 5.74) is 0.764. The van der Waals surface area contributed by atoms with Gasteiger partial charge in [-0.2, -0.15) is 0 Å². The summed E-state index contributed by atoms with van der Waals surface area (Å²) < 4.78 is 4.85. The van der Waals surface area contributed by atoms with E-state index in [-0.39, 0.29) is 23.5 Å². The number of phenols is 1. The molecule has 0 saturated heterocycles. The van der Waals surface area contributed by atoms with Crippen molar-refractivity contribution in [1.82, 2.24) is 5.32 Å². The third-order valence-corrected chi connectivity index (χ3v) is 2.42. The van der Waals surface area contributed by atoms with E-state index in [4.69, 9.17) is 16.3 Å². The van der Waals surface area contributed by atoms with Crippen LogP contribution >= 0.6 is 11.6 Å². The summed E-state index contributed by atoms with van der Waals surface area (Å²) in [4.78, 5) is 11.5. The molecular weight excluding hydrogens is 242 g/mol. The summed E-state index contributed by atoms with van der Waals surface area (Å²) in [6, 6.07) is 6.61. The average molecular weight is 258 g/mol. The van der Waals surface area contributed by atoms with E-state index in [1.54, 1.807) is 31.4 Å². The number of ether oxygens (including phenoxy) is 1. The quantitative estimate of drug-likeness (QED) is 0.756. The van der Waals surface area contributed by atoms with Crippen molar-refractivity contribution in [2.24, 2.45) is 0 Å². The van der Waals surface area contributed by atoms with Crippen LogP contribution in [0.2, 0.25) is 0 Å². The number of rotatable bonds is 6. The lowest BCUT2D eigenvalue weighted by Gasteiger charge is -2.09. The van der Waals surface area contributed by atoms with Crippen LogP contribution in [-0.2, 0) is 16.0 Å². The van der Waals surface area contributed by atoms with Gasteiger partial charge in [-0.3, -0.25) is 4.79 Å². The summed E-state index contributed by atoms with van der Waals surface area (Å²) in [6.07, 6.45) is 0.227. The Labute approximate surface area is 106 Å². The molecule has 1 rings (SSSR count). The van der Waals surface area contributed by atoms with E-state index in [2.05, 4.69) is 5.32 Å². The third kappa shape index (κ3) is 5.56. The summed E-state index contributed by atoms with van der Waals surface area (Å²) in [5, 5.41) is 11.7. The molecule has 0 aliphatic carbocycles. The molecule has 4 nitrogen and oxygen atoms in total. The highest BCUT2D eigenvalue weighted by molar-refractivity contribution is 6.21. The molecule has 94 valence electrons. The van der Waals surface area contributed by atoms with Gasteiger partial charge in [0.15, 0.2) is 0 Å². The molecule has 0 heterocycles. The van der Waals surface area contributed by atoms with Crippen LogP contribution in [0, 0.1) is 0 Å². The smallest absolute Gasteiger partial charge is 0.224 e. The zero-order valence-electron chi connectivity index (χ0n) is 9.65. The van der Waals surface area contributed by atoms with Gasteiger partial charge in [-0.05, 0) is 17.7 Å². The number of aromatic hydroxyl groups is 1. The number of methoxy groups -OCH3 is 1. The van der Waals surface area contributed by atoms with Crippen molar-refractivity contribution >= 4 is 17.5 Å². The zero-order valence-corrected chi connectivity index (χ0v) is 10.4. The lowest BCUT2D eigenvalue weighted by molar-refractivity contribution is -0.120. The van der Waals surface area contributed by atoms with E-state index < -0.39 is 0 Å². The van der Waals surface area contributed by atoms with Gasteiger partial charge >= 0.3 is 0 Å².